The van der Waals surface area contributed by atoms with E-state index in [-0.39, 0.29) is 11.1 Å². The SMILES string of the molecule is O=[PH+]C(c1ccccc1F)c1ccccc1F. The summed E-state index contributed by atoms with van der Waals surface area (Å²) >= 11 is 0. The molecule has 0 aliphatic heterocycles. The van der Waals surface area contributed by atoms with E-state index in [1.807, 2.05) is 0 Å². The lowest BCUT2D eigenvalue weighted by Crippen LogP contribution is -1.99. The minimum atomic E-state index is -0.833. The highest BCUT2D eigenvalue weighted by molar-refractivity contribution is 7.24. The van der Waals surface area contributed by atoms with E-state index in [0.717, 1.165) is 0 Å². The smallest absolute Gasteiger partial charge is 0.207 e. The lowest BCUT2D eigenvalue weighted by Gasteiger charge is -2.07. The highest BCUT2D eigenvalue weighted by Gasteiger charge is 2.26. The van der Waals surface area contributed by atoms with Crippen molar-refractivity contribution in [3.8, 4) is 0 Å². The number of halogens is 2. The Morgan fingerprint density at radius 2 is 1.24 bits per heavy atom. The van der Waals surface area contributed by atoms with Crippen molar-refractivity contribution in [2.75, 3.05) is 0 Å². The van der Waals surface area contributed by atoms with Gasteiger partial charge in [0.05, 0.1) is 0 Å². The van der Waals surface area contributed by atoms with Crippen molar-refractivity contribution in [1.29, 1.82) is 0 Å². The van der Waals surface area contributed by atoms with Crippen LogP contribution in [0.25, 0.3) is 0 Å². The Morgan fingerprint density at radius 1 is 0.824 bits per heavy atom. The Kier molecular flexibility index (Phi) is 3.60. The Hall–Kier alpha value is -1.60. The molecule has 0 N–H and O–H groups in total. The molecule has 1 atom stereocenters. The van der Waals surface area contributed by atoms with Crippen LogP contribution >= 0.6 is 8.46 Å². The van der Waals surface area contributed by atoms with Crippen LogP contribution in [-0.4, -0.2) is 0 Å². The first-order valence-corrected chi connectivity index (χ1v) is 6.09. The Morgan fingerprint density at radius 3 is 1.59 bits per heavy atom. The van der Waals surface area contributed by atoms with Crippen LogP contribution in [-0.2, 0) is 4.57 Å². The number of hydrogen-bond acceptors (Lipinski definition) is 1. The van der Waals surface area contributed by atoms with Gasteiger partial charge in [0.25, 0.3) is 0 Å². The van der Waals surface area contributed by atoms with Crippen LogP contribution in [0.15, 0.2) is 48.5 Å². The predicted octanol–water partition coefficient (Wildman–Crippen LogP) is 4.08. The second kappa shape index (κ2) is 5.15. The Bertz CT molecular complexity index is 497. The van der Waals surface area contributed by atoms with E-state index in [9.17, 15) is 13.3 Å². The number of hydrogen-bond donors (Lipinski definition) is 0. The first kappa shape index (κ1) is 11.9. The largest absolute Gasteiger partial charge is 0.337 e. The molecule has 2 aromatic rings. The van der Waals surface area contributed by atoms with Gasteiger partial charge in [-0.05, 0) is 12.1 Å². The molecule has 1 unspecified atom stereocenters. The van der Waals surface area contributed by atoms with Gasteiger partial charge in [-0.2, -0.15) is 0 Å². The molecule has 86 valence electrons. The van der Waals surface area contributed by atoms with Crippen molar-refractivity contribution >= 4 is 8.46 Å². The molecule has 17 heavy (non-hydrogen) atoms. The normalized spacial score (nSPS) is 11.0. The molecular weight excluding hydrogens is 241 g/mol. The average Bonchev–Trinajstić information content (AvgIpc) is 2.34. The summed E-state index contributed by atoms with van der Waals surface area (Å²) in [5.74, 6) is -0.937. The quantitative estimate of drug-likeness (QED) is 0.751. The van der Waals surface area contributed by atoms with E-state index in [2.05, 4.69) is 0 Å². The maximum absolute atomic E-state index is 13.6. The third-order valence-corrected chi connectivity index (χ3v) is 3.41. The van der Waals surface area contributed by atoms with Crippen molar-refractivity contribution in [3.05, 3.63) is 71.3 Å². The summed E-state index contributed by atoms with van der Waals surface area (Å²) in [5.41, 5.74) is -0.241. The van der Waals surface area contributed by atoms with Crippen LogP contribution in [0, 0.1) is 11.6 Å². The third kappa shape index (κ3) is 2.40. The second-order valence-electron chi connectivity index (χ2n) is 3.59. The molecule has 4 heteroatoms. The van der Waals surface area contributed by atoms with Crippen molar-refractivity contribution in [2.45, 2.75) is 5.66 Å². The zero-order chi connectivity index (χ0) is 12.3. The van der Waals surface area contributed by atoms with Crippen molar-refractivity contribution < 1.29 is 13.3 Å². The van der Waals surface area contributed by atoms with E-state index < -0.39 is 25.8 Å². The van der Waals surface area contributed by atoms with Gasteiger partial charge < -0.3 is 0 Å². The standard InChI is InChI=1S/C13H9F2OP/c14-11-7-3-1-5-9(11)13(17-16)10-6-2-4-8-12(10)15/h1-8,13H/p+1. The maximum Gasteiger partial charge on any atom is 0.337 e. The first-order chi connectivity index (χ1) is 8.24. The molecule has 0 amide bonds. The molecule has 0 heterocycles. The summed E-state index contributed by atoms with van der Waals surface area (Å²) in [7, 11) is -0.833. The summed E-state index contributed by atoms with van der Waals surface area (Å²) in [6.07, 6.45) is 0. The van der Waals surface area contributed by atoms with E-state index >= 15 is 0 Å². The molecule has 0 spiro atoms. The Balaban J connectivity index is 2.52. The summed E-state index contributed by atoms with van der Waals surface area (Å²) in [5, 5.41) is 0. The Labute approximate surface area is 99.3 Å². The summed E-state index contributed by atoms with van der Waals surface area (Å²) in [6.45, 7) is 0. The zero-order valence-electron chi connectivity index (χ0n) is 8.86. The first-order valence-electron chi connectivity index (χ1n) is 5.10. The van der Waals surface area contributed by atoms with Crippen LogP contribution < -0.4 is 0 Å². The van der Waals surface area contributed by atoms with Gasteiger partial charge in [-0.1, -0.05) is 41.0 Å². The predicted molar refractivity (Wildman–Crippen MR) is 63.6 cm³/mol. The fourth-order valence-electron chi connectivity index (χ4n) is 1.71. The van der Waals surface area contributed by atoms with Crippen molar-refractivity contribution in [1.82, 2.24) is 0 Å². The number of benzene rings is 2. The van der Waals surface area contributed by atoms with Crippen molar-refractivity contribution in [3.63, 3.8) is 0 Å². The summed E-state index contributed by atoms with van der Waals surface area (Å²) < 4.78 is 38.4. The topological polar surface area (TPSA) is 17.1 Å². The summed E-state index contributed by atoms with van der Waals surface area (Å²) in [6, 6.07) is 12.0. The fraction of sp³-hybridized carbons (Fsp3) is 0.0769. The van der Waals surface area contributed by atoms with E-state index in [0.29, 0.717) is 0 Å². The second-order valence-corrected chi connectivity index (χ2v) is 4.41. The van der Waals surface area contributed by atoms with E-state index in [1.165, 1.54) is 24.3 Å². The van der Waals surface area contributed by atoms with Gasteiger partial charge in [0, 0.05) is 11.1 Å². The van der Waals surface area contributed by atoms with Gasteiger partial charge in [0.2, 0.25) is 5.66 Å². The highest BCUT2D eigenvalue weighted by Crippen LogP contribution is 2.36. The molecule has 2 rings (SSSR count). The van der Waals surface area contributed by atoms with Crippen LogP contribution in [0.1, 0.15) is 16.8 Å². The monoisotopic (exact) mass is 251 g/mol. The van der Waals surface area contributed by atoms with Gasteiger partial charge >= 0.3 is 8.46 Å². The molecule has 0 fully saturated rings. The van der Waals surface area contributed by atoms with Crippen molar-refractivity contribution in [2.24, 2.45) is 0 Å². The molecule has 0 bridgehead atoms. The van der Waals surface area contributed by atoms with Gasteiger partial charge in [-0.15, -0.1) is 0 Å². The van der Waals surface area contributed by atoms with Gasteiger partial charge in [0.15, 0.2) is 0 Å². The minimum Gasteiger partial charge on any atom is -0.207 e. The van der Waals surface area contributed by atoms with Crippen LogP contribution in [0.5, 0.6) is 0 Å². The van der Waals surface area contributed by atoms with E-state index in [4.69, 9.17) is 0 Å². The molecule has 0 aliphatic rings. The molecular formula is C13H10F2OP+. The van der Waals surface area contributed by atoms with Gasteiger partial charge in [0.1, 0.15) is 11.6 Å². The molecule has 0 saturated heterocycles. The zero-order valence-corrected chi connectivity index (χ0v) is 9.86. The molecule has 0 aliphatic carbocycles. The molecule has 0 radical (unpaired) electrons. The van der Waals surface area contributed by atoms with Crippen LogP contribution in [0.3, 0.4) is 0 Å². The van der Waals surface area contributed by atoms with Crippen LogP contribution in [0.4, 0.5) is 8.78 Å². The lowest BCUT2D eigenvalue weighted by molar-refractivity contribution is 0.577. The highest BCUT2D eigenvalue weighted by atomic mass is 31.1. The molecule has 0 aromatic heterocycles. The van der Waals surface area contributed by atoms with E-state index in [1.54, 1.807) is 24.3 Å². The molecule has 1 nitrogen and oxygen atoms in total. The summed E-state index contributed by atoms with van der Waals surface area (Å²) in [4.78, 5) is 0. The van der Waals surface area contributed by atoms with Gasteiger partial charge in [-0.25, -0.2) is 8.78 Å². The molecule has 0 saturated carbocycles. The van der Waals surface area contributed by atoms with Crippen LogP contribution in [0.2, 0.25) is 0 Å². The lowest BCUT2D eigenvalue weighted by atomic mass is 10.0. The third-order valence-electron chi connectivity index (χ3n) is 2.55. The molecule has 2 aromatic carbocycles. The average molecular weight is 251 g/mol. The maximum atomic E-state index is 13.6. The fourth-order valence-corrected chi connectivity index (χ4v) is 2.44. The van der Waals surface area contributed by atoms with Gasteiger partial charge in [-0.3, -0.25) is 0 Å². The number of rotatable bonds is 3. The minimum absolute atomic E-state index is 0.255.